The molecule has 0 aliphatic carbocycles. The molecule has 10 heteroatoms. The maximum Gasteiger partial charge on any atom is 0.254 e. The van der Waals surface area contributed by atoms with Crippen LogP contribution in [0.4, 0.5) is 0 Å². The van der Waals surface area contributed by atoms with Crippen molar-refractivity contribution < 1.29 is 18.0 Å². The molecule has 1 atom stereocenters. The topological polar surface area (TPSA) is 86.8 Å². The van der Waals surface area contributed by atoms with Gasteiger partial charge in [0.1, 0.15) is 0 Å². The highest BCUT2D eigenvalue weighted by atomic mass is 79.9. The molecule has 0 aromatic heterocycles. The van der Waals surface area contributed by atoms with Gasteiger partial charge < -0.3 is 10.2 Å². The van der Waals surface area contributed by atoms with E-state index < -0.39 is 15.9 Å². The Balaban J connectivity index is 1.43. The van der Waals surface area contributed by atoms with Crippen molar-refractivity contribution in [1.29, 1.82) is 0 Å². The standard InChI is InChI=1S/C28H29BrClN3O4S/c1-18-13-21(15-22(29)14-18)26-5-4-12-33(26)28(35)20-8-6-19(7-9-20)17-31-27(34)24-16-23(10-11-25(24)30)38(36,37)32(2)3/h6-11,13-16,26H,4-5,12,17H2,1-3H3,(H,31,34). The summed E-state index contributed by atoms with van der Waals surface area (Å²) in [4.78, 5) is 28.0. The molecular formula is C28H29BrClN3O4S. The van der Waals surface area contributed by atoms with Crippen LogP contribution >= 0.6 is 27.5 Å². The number of rotatable bonds is 7. The van der Waals surface area contributed by atoms with Gasteiger partial charge in [-0.05, 0) is 78.9 Å². The molecule has 1 aliphatic rings. The fourth-order valence-electron chi connectivity index (χ4n) is 4.57. The Labute approximate surface area is 237 Å². The highest BCUT2D eigenvalue weighted by molar-refractivity contribution is 9.10. The lowest BCUT2D eigenvalue weighted by Gasteiger charge is -2.26. The molecule has 2 amide bonds. The lowest BCUT2D eigenvalue weighted by atomic mass is 10.0. The number of carbonyl (C=O) groups is 2. The molecule has 0 bridgehead atoms. The molecule has 0 radical (unpaired) electrons. The van der Waals surface area contributed by atoms with E-state index in [4.69, 9.17) is 11.6 Å². The second-order valence-corrected chi connectivity index (χ2v) is 13.0. The van der Waals surface area contributed by atoms with Crippen LogP contribution < -0.4 is 5.32 Å². The first-order valence-corrected chi connectivity index (χ1v) is 14.8. The summed E-state index contributed by atoms with van der Waals surface area (Å²) in [7, 11) is -0.866. The SMILES string of the molecule is Cc1cc(Br)cc(C2CCCN2C(=O)c2ccc(CNC(=O)c3cc(S(=O)(=O)N(C)C)ccc3Cl)cc2)c1. The number of amides is 2. The quantitative estimate of drug-likeness (QED) is 0.375. The smallest absolute Gasteiger partial charge is 0.254 e. The van der Waals surface area contributed by atoms with Crippen molar-refractivity contribution in [3.8, 4) is 0 Å². The average molecular weight is 619 g/mol. The number of hydrogen-bond acceptors (Lipinski definition) is 4. The zero-order valence-corrected chi connectivity index (χ0v) is 24.5. The van der Waals surface area contributed by atoms with Gasteiger partial charge in [0.15, 0.2) is 0 Å². The van der Waals surface area contributed by atoms with Crippen LogP contribution in [0.25, 0.3) is 0 Å². The van der Waals surface area contributed by atoms with Crippen molar-refractivity contribution in [3.05, 3.63) is 98.0 Å². The van der Waals surface area contributed by atoms with Crippen LogP contribution in [-0.4, -0.2) is 50.1 Å². The van der Waals surface area contributed by atoms with Crippen molar-refractivity contribution in [2.24, 2.45) is 0 Å². The largest absolute Gasteiger partial charge is 0.348 e. The Bertz CT molecular complexity index is 1460. The van der Waals surface area contributed by atoms with E-state index in [1.807, 2.05) is 11.8 Å². The van der Waals surface area contributed by atoms with Crippen molar-refractivity contribution >= 4 is 49.4 Å². The molecule has 1 unspecified atom stereocenters. The van der Waals surface area contributed by atoms with Crippen LogP contribution in [-0.2, 0) is 16.6 Å². The Morgan fingerprint density at radius 2 is 1.79 bits per heavy atom. The second kappa shape index (κ2) is 11.6. The number of nitrogens with zero attached hydrogens (tertiary/aromatic N) is 2. The molecule has 4 rings (SSSR count). The summed E-state index contributed by atoms with van der Waals surface area (Å²) in [5.41, 5.74) is 3.73. The van der Waals surface area contributed by atoms with Crippen molar-refractivity contribution in [3.63, 3.8) is 0 Å². The summed E-state index contributed by atoms with van der Waals surface area (Å²) < 4.78 is 26.9. The summed E-state index contributed by atoms with van der Waals surface area (Å²) in [5, 5.41) is 2.93. The zero-order valence-electron chi connectivity index (χ0n) is 21.4. The van der Waals surface area contributed by atoms with E-state index >= 15 is 0 Å². The zero-order chi connectivity index (χ0) is 27.6. The van der Waals surface area contributed by atoms with Gasteiger partial charge in [-0.3, -0.25) is 9.59 Å². The number of benzene rings is 3. The number of hydrogen-bond donors (Lipinski definition) is 1. The number of sulfonamides is 1. The third kappa shape index (κ3) is 6.12. The van der Waals surface area contributed by atoms with Gasteiger partial charge in [-0.15, -0.1) is 0 Å². The van der Waals surface area contributed by atoms with Crippen molar-refractivity contribution in [1.82, 2.24) is 14.5 Å². The predicted molar refractivity (Wildman–Crippen MR) is 152 cm³/mol. The van der Waals surface area contributed by atoms with E-state index in [1.54, 1.807) is 24.3 Å². The lowest BCUT2D eigenvalue weighted by molar-refractivity contribution is 0.0735. The molecule has 200 valence electrons. The van der Waals surface area contributed by atoms with Crippen LogP contribution in [0.15, 0.2) is 70.0 Å². The lowest BCUT2D eigenvalue weighted by Crippen LogP contribution is -2.30. The molecule has 1 saturated heterocycles. The van der Waals surface area contributed by atoms with E-state index in [9.17, 15) is 18.0 Å². The summed E-state index contributed by atoms with van der Waals surface area (Å²) in [5.74, 6) is -0.512. The van der Waals surface area contributed by atoms with E-state index in [0.717, 1.165) is 38.3 Å². The van der Waals surface area contributed by atoms with Gasteiger partial charge in [-0.25, -0.2) is 12.7 Å². The molecular weight excluding hydrogens is 590 g/mol. The van der Waals surface area contributed by atoms with E-state index in [2.05, 4.69) is 39.4 Å². The maximum atomic E-state index is 13.3. The highest BCUT2D eigenvalue weighted by Crippen LogP contribution is 2.35. The summed E-state index contributed by atoms with van der Waals surface area (Å²) in [6.07, 6.45) is 1.87. The monoisotopic (exact) mass is 617 g/mol. The average Bonchev–Trinajstić information content (AvgIpc) is 3.37. The molecule has 0 saturated carbocycles. The summed E-state index contributed by atoms with van der Waals surface area (Å²) in [6, 6.07) is 17.5. The molecule has 7 nitrogen and oxygen atoms in total. The number of nitrogens with one attached hydrogen (secondary N) is 1. The van der Waals surface area contributed by atoms with E-state index in [0.29, 0.717) is 12.1 Å². The van der Waals surface area contributed by atoms with Gasteiger partial charge in [0.2, 0.25) is 10.0 Å². The molecule has 3 aromatic carbocycles. The Hall–Kier alpha value is -2.72. The van der Waals surface area contributed by atoms with Crippen molar-refractivity contribution in [2.75, 3.05) is 20.6 Å². The molecule has 3 aromatic rings. The number of halogens is 2. The minimum Gasteiger partial charge on any atom is -0.348 e. The molecule has 38 heavy (non-hydrogen) atoms. The van der Waals surface area contributed by atoms with Crippen LogP contribution in [0.3, 0.4) is 0 Å². The normalized spacial score (nSPS) is 15.6. The van der Waals surface area contributed by atoms with Gasteiger partial charge in [0.05, 0.1) is 21.5 Å². The summed E-state index contributed by atoms with van der Waals surface area (Å²) in [6.45, 7) is 2.94. The Kier molecular flexibility index (Phi) is 8.62. The fraction of sp³-hybridized carbons (Fsp3) is 0.286. The maximum absolute atomic E-state index is 13.3. The third-order valence-corrected chi connectivity index (χ3v) is 9.18. The van der Waals surface area contributed by atoms with Gasteiger partial charge >= 0.3 is 0 Å². The number of aryl methyl sites for hydroxylation is 1. The molecule has 1 aliphatic heterocycles. The fourth-order valence-corrected chi connectivity index (χ4v) is 6.33. The van der Waals surface area contributed by atoms with Crippen molar-refractivity contribution in [2.45, 2.75) is 37.2 Å². The molecule has 1 N–H and O–H groups in total. The Morgan fingerprint density at radius 3 is 2.45 bits per heavy atom. The van der Waals surface area contributed by atoms with Crippen LogP contribution in [0.1, 0.15) is 56.3 Å². The van der Waals surface area contributed by atoms with Crippen LogP contribution in [0, 0.1) is 6.92 Å². The molecule has 1 fully saturated rings. The van der Waals surface area contributed by atoms with Gasteiger partial charge in [0, 0.05) is 37.2 Å². The van der Waals surface area contributed by atoms with E-state index in [-0.39, 0.29) is 34.0 Å². The third-order valence-electron chi connectivity index (χ3n) is 6.58. The van der Waals surface area contributed by atoms with Crippen LogP contribution in [0.5, 0.6) is 0 Å². The molecule has 1 heterocycles. The van der Waals surface area contributed by atoms with Gasteiger partial charge in [-0.2, -0.15) is 0 Å². The first kappa shape index (κ1) is 28.3. The number of likely N-dealkylation sites (tertiary alicyclic amines) is 1. The first-order valence-electron chi connectivity index (χ1n) is 12.1. The van der Waals surface area contributed by atoms with Crippen LogP contribution in [0.2, 0.25) is 5.02 Å². The first-order chi connectivity index (χ1) is 18.0. The summed E-state index contributed by atoms with van der Waals surface area (Å²) >= 11 is 9.74. The van der Waals surface area contributed by atoms with Gasteiger partial charge in [0.25, 0.3) is 11.8 Å². The minimum absolute atomic E-state index is 0.0156. The van der Waals surface area contributed by atoms with E-state index in [1.165, 1.54) is 32.3 Å². The second-order valence-electron chi connectivity index (χ2n) is 9.53. The molecule has 0 spiro atoms. The predicted octanol–water partition coefficient (Wildman–Crippen LogP) is 5.57. The minimum atomic E-state index is -3.71. The number of carbonyl (C=O) groups excluding carboxylic acids is 2. The Morgan fingerprint density at radius 1 is 1.08 bits per heavy atom. The van der Waals surface area contributed by atoms with Gasteiger partial charge in [-0.1, -0.05) is 45.7 Å². The highest BCUT2D eigenvalue weighted by Gasteiger charge is 2.31.